The van der Waals surface area contributed by atoms with Crippen molar-refractivity contribution in [1.29, 1.82) is 0 Å². The average molecular weight is 555 g/mol. The van der Waals surface area contributed by atoms with Gasteiger partial charge in [-0.25, -0.2) is 0 Å². The maximum atomic E-state index is 13.8. The number of benzene rings is 3. The van der Waals surface area contributed by atoms with E-state index >= 15 is 0 Å². The largest absolute Gasteiger partial charge is 0.417 e. The maximum absolute atomic E-state index is 13.8. The Morgan fingerprint density at radius 2 is 1.85 bits per heavy atom. The van der Waals surface area contributed by atoms with E-state index in [2.05, 4.69) is 9.88 Å². The van der Waals surface area contributed by atoms with Gasteiger partial charge < -0.3 is 14.6 Å². The molecule has 2 heterocycles. The van der Waals surface area contributed by atoms with Gasteiger partial charge in [-0.2, -0.15) is 13.2 Å². The fourth-order valence-corrected chi connectivity index (χ4v) is 5.59. The molecule has 0 spiro atoms. The first kappa shape index (κ1) is 27.3. The summed E-state index contributed by atoms with van der Waals surface area (Å²) in [6.07, 6.45) is -0.903. The molecule has 4 aromatic rings. The molecule has 1 aromatic heterocycles. The number of ether oxygens (including phenoxy) is 1. The van der Waals surface area contributed by atoms with Gasteiger partial charge in [0.05, 0.1) is 16.2 Å². The summed E-state index contributed by atoms with van der Waals surface area (Å²) in [6, 6.07) is 21.6. The number of carbonyl (C=O) groups is 1. The molecule has 1 fully saturated rings. The monoisotopic (exact) mass is 554 g/mol. The molecule has 2 atom stereocenters. The molecule has 1 aliphatic heterocycles. The quantitative estimate of drug-likeness (QED) is 0.244. The fraction of sp³-hybridized carbons (Fsp3) is 0.323. The van der Waals surface area contributed by atoms with Crippen LogP contribution < -0.4 is 5.32 Å². The average Bonchev–Trinajstić information content (AvgIpc) is 3.51. The third-order valence-corrected chi connectivity index (χ3v) is 7.77. The Morgan fingerprint density at radius 1 is 1.10 bits per heavy atom. The Kier molecular flexibility index (Phi) is 7.74. The highest BCUT2D eigenvalue weighted by molar-refractivity contribution is 6.31. The second kappa shape index (κ2) is 11.1. The normalized spacial score (nSPS) is 18.4. The standard InChI is InChI=1S/C31H30ClF3N2O2/c1-30(14-7-15-39-30)20-36-29(38)17-24(22-12-13-27(32)26(16-22)31(33,34)35)25-19-37(18-21-8-3-2-4-9-21)28-11-6-5-10-23(25)28/h2-6,8-13,16,19,24H,7,14-15,17-18,20H2,1H3,(H,36,38)/t24-,30-/m1/s1. The predicted molar refractivity (Wildman–Crippen MR) is 147 cm³/mol. The Morgan fingerprint density at radius 3 is 2.56 bits per heavy atom. The van der Waals surface area contributed by atoms with Gasteiger partial charge in [-0.05, 0) is 54.7 Å². The maximum Gasteiger partial charge on any atom is 0.417 e. The van der Waals surface area contributed by atoms with E-state index in [4.69, 9.17) is 16.3 Å². The summed E-state index contributed by atoms with van der Waals surface area (Å²) < 4.78 is 49.3. The molecule has 3 aromatic carbocycles. The van der Waals surface area contributed by atoms with E-state index in [0.717, 1.165) is 40.9 Å². The third-order valence-electron chi connectivity index (χ3n) is 7.44. The van der Waals surface area contributed by atoms with Gasteiger partial charge in [0.2, 0.25) is 5.91 Å². The first-order chi connectivity index (χ1) is 18.6. The van der Waals surface area contributed by atoms with E-state index in [1.807, 2.05) is 67.7 Å². The summed E-state index contributed by atoms with van der Waals surface area (Å²) in [4.78, 5) is 13.3. The molecule has 4 nitrogen and oxygen atoms in total. The van der Waals surface area contributed by atoms with Crippen molar-refractivity contribution in [3.8, 4) is 0 Å². The Balaban J connectivity index is 1.55. The van der Waals surface area contributed by atoms with Crippen molar-refractivity contribution in [2.45, 2.75) is 50.4 Å². The van der Waals surface area contributed by atoms with Crippen molar-refractivity contribution < 1.29 is 22.7 Å². The number of halogens is 4. The zero-order valence-electron chi connectivity index (χ0n) is 21.6. The third kappa shape index (κ3) is 6.15. The molecule has 0 radical (unpaired) electrons. The number of para-hydroxylation sites is 1. The van der Waals surface area contributed by atoms with Crippen molar-refractivity contribution in [2.24, 2.45) is 0 Å². The van der Waals surface area contributed by atoms with Gasteiger partial charge in [-0.3, -0.25) is 4.79 Å². The molecule has 0 bridgehead atoms. The lowest BCUT2D eigenvalue weighted by atomic mass is 9.87. The zero-order valence-corrected chi connectivity index (χ0v) is 22.4. The number of alkyl halides is 3. The highest BCUT2D eigenvalue weighted by Gasteiger charge is 2.35. The van der Waals surface area contributed by atoms with E-state index in [-0.39, 0.29) is 17.4 Å². The molecular weight excluding hydrogens is 525 g/mol. The lowest BCUT2D eigenvalue weighted by molar-refractivity contribution is -0.137. The molecule has 5 rings (SSSR count). The summed E-state index contributed by atoms with van der Waals surface area (Å²) in [6.45, 7) is 3.55. The molecule has 0 saturated carbocycles. The minimum absolute atomic E-state index is 0.0195. The highest BCUT2D eigenvalue weighted by Crippen LogP contribution is 2.40. The van der Waals surface area contributed by atoms with Crippen LogP contribution in [0.2, 0.25) is 5.02 Å². The molecule has 1 amide bonds. The number of hydrogen-bond donors (Lipinski definition) is 1. The molecule has 1 aliphatic rings. The van der Waals surface area contributed by atoms with Crippen LogP contribution in [0.4, 0.5) is 13.2 Å². The first-order valence-corrected chi connectivity index (χ1v) is 13.4. The summed E-state index contributed by atoms with van der Waals surface area (Å²) in [7, 11) is 0. The molecule has 1 N–H and O–H groups in total. The van der Waals surface area contributed by atoms with Crippen LogP contribution >= 0.6 is 11.6 Å². The number of nitrogens with one attached hydrogen (secondary N) is 1. The van der Waals surface area contributed by atoms with E-state index < -0.39 is 23.3 Å². The first-order valence-electron chi connectivity index (χ1n) is 13.0. The Labute approximate surface area is 230 Å². The van der Waals surface area contributed by atoms with Crippen LogP contribution in [0.3, 0.4) is 0 Å². The van der Waals surface area contributed by atoms with Gasteiger partial charge in [-0.1, -0.05) is 66.2 Å². The predicted octanol–water partition coefficient (Wildman–Crippen LogP) is 7.57. The number of fused-ring (bicyclic) bond motifs is 1. The lowest BCUT2D eigenvalue weighted by Crippen LogP contribution is -2.40. The lowest BCUT2D eigenvalue weighted by Gasteiger charge is -2.24. The van der Waals surface area contributed by atoms with Gasteiger partial charge in [0.25, 0.3) is 0 Å². The van der Waals surface area contributed by atoms with Gasteiger partial charge in [0, 0.05) is 49.1 Å². The minimum Gasteiger partial charge on any atom is -0.373 e. The number of nitrogens with zero attached hydrogens (tertiary/aromatic N) is 1. The van der Waals surface area contributed by atoms with E-state index in [1.165, 1.54) is 6.07 Å². The van der Waals surface area contributed by atoms with Crippen LogP contribution in [0.25, 0.3) is 10.9 Å². The van der Waals surface area contributed by atoms with Crippen LogP contribution in [0.5, 0.6) is 0 Å². The molecule has 1 saturated heterocycles. The van der Waals surface area contributed by atoms with E-state index in [1.54, 1.807) is 6.07 Å². The van der Waals surface area contributed by atoms with Crippen molar-refractivity contribution in [1.82, 2.24) is 9.88 Å². The van der Waals surface area contributed by atoms with Gasteiger partial charge in [0.15, 0.2) is 0 Å². The number of rotatable bonds is 8. The van der Waals surface area contributed by atoms with E-state index in [0.29, 0.717) is 25.3 Å². The Hall–Kier alpha value is -3.29. The summed E-state index contributed by atoms with van der Waals surface area (Å²) in [5.74, 6) is -0.872. The van der Waals surface area contributed by atoms with Crippen LogP contribution in [0, 0.1) is 0 Å². The smallest absolute Gasteiger partial charge is 0.373 e. The van der Waals surface area contributed by atoms with E-state index in [9.17, 15) is 18.0 Å². The molecule has 0 unspecified atom stereocenters. The number of hydrogen-bond acceptors (Lipinski definition) is 2. The van der Waals surface area contributed by atoms with Crippen LogP contribution in [0.15, 0.2) is 79.0 Å². The number of aromatic nitrogens is 1. The second-order valence-corrected chi connectivity index (χ2v) is 10.8. The van der Waals surface area contributed by atoms with Gasteiger partial charge >= 0.3 is 6.18 Å². The van der Waals surface area contributed by atoms with Gasteiger partial charge in [-0.15, -0.1) is 0 Å². The Bertz CT molecular complexity index is 1460. The minimum atomic E-state index is -4.62. The molecule has 204 valence electrons. The molecular formula is C31H30ClF3N2O2. The SMILES string of the molecule is C[C@]1(CNC(=O)C[C@H](c2ccc(Cl)c(C(F)(F)F)c2)c2cn(Cc3ccccc3)c3ccccc23)CCCO1. The summed E-state index contributed by atoms with van der Waals surface area (Å²) in [5.41, 5.74) is 1.87. The van der Waals surface area contributed by atoms with Crippen molar-refractivity contribution in [3.05, 3.63) is 106 Å². The zero-order chi connectivity index (χ0) is 27.6. The van der Waals surface area contributed by atoms with Gasteiger partial charge in [0.1, 0.15) is 0 Å². The van der Waals surface area contributed by atoms with Crippen LogP contribution in [-0.4, -0.2) is 29.2 Å². The number of amides is 1. The summed E-state index contributed by atoms with van der Waals surface area (Å²) in [5, 5.41) is 3.49. The molecule has 0 aliphatic carbocycles. The van der Waals surface area contributed by atoms with Crippen molar-refractivity contribution in [3.63, 3.8) is 0 Å². The molecule has 39 heavy (non-hydrogen) atoms. The fourth-order valence-electron chi connectivity index (χ4n) is 5.37. The van der Waals surface area contributed by atoms with Crippen LogP contribution in [0.1, 0.15) is 54.4 Å². The molecule has 8 heteroatoms. The topological polar surface area (TPSA) is 43.3 Å². The summed E-state index contributed by atoms with van der Waals surface area (Å²) >= 11 is 5.95. The highest BCUT2D eigenvalue weighted by atomic mass is 35.5. The number of carbonyl (C=O) groups excluding carboxylic acids is 1. The van der Waals surface area contributed by atoms with Crippen molar-refractivity contribution >= 4 is 28.4 Å². The second-order valence-electron chi connectivity index (χ2n) is 10.4. The van der Waals surface area contributed by atoms with Crippen molar-refractivity contribution in [2.75, 3.05) is 13.2 Å². The van der Waals surface area contributed by atoms with Crippen LogP contribution in [-0.2, 0) is 22.3 Å².